The first-order valence-corrected chi connectivity index (χ1v) is 9.42. The number of nitrogens with zero attached hydrogens (tertiary/aromatic N) is 3. The summed E-state index contributed by atoms with van der Waals surface area (Å²) in [4.78, 5) is 7.71. The third-order valence-corrected chi connectivity index (χ3v) is 5.26. The first-order chi connectivity index (χ1) is 12.7. The summed E-state index contributed by atoms with van der Waals surface area (Å²) in [5.41, 5.74) is -0.291. The molecule has 1 aliphatic rings. The number of methoxy groups -OCH3 is 1. The van der Waals surface area contributed by atoms with Crippen LogP contribution in [-0.4, -0.2) is 43.1 Å². The predicted octanol–water partition coefficient (Wildman–Crippen LogP) is 2.06. The fourth-order valence-corrected chi connectivity index (χ4v) is 3.98. The van der Waals surface area contributed by atoms with Crippen LogP contribution in [0.3, 0.4) is 0 Å². The average Bonchev–Trinajstić information content (AvgIpc) is 3.12. The first kappa shape index (κ1) is 19.3. The van der Waals surface area contributed by atoms with Crippen molar-refractivity contribution in [2.45, 2.75) is 31.3 Å². The smallest absolute Gasteiger partial charge is 0.279 e. The number of imidazole rings is 1. The Morgan fingerprint density at radius 3 is 2.81 bits per heavy atom. The van der Waals surface area contributed by atoms with Gasteiger partial charge in [0.25, 0.3) is 22.3 Å². The molecular formula is C15H17F3N4O4S. The first-order valence-electron chi connectivity index (χ1n) is 7.94. The van der Waals surface area contributed by atoms with Crippen molar-refractivity contribution < 1.29 is 31.1 Å². The predicted molar refractivity (Wildman–Crippen MR) is 88.1 cm³/mol. The molecule has 8 nitrogen and oxygen atoms in total. The zero-order valence-electron chi connectivity index (χ0n) is 14.4. The van der Waals surface area contributed by atoms with Crippen LogP contribution in [-0.2, 0) is 23.0 Å². The van der Waals surface area contributed by atoms with Gasteiger partial charge in [0.1, 0.15) is 11.5 Å². The molecule has 0 saturated carbocycles. The maximum atomic E-state index is 14.1. The van der Waals surface area contributed by atoms with E-state index in [0.717, 1.165) is 6.07 Å². The summed E-state index contributed by atoms with van der Waals surface area (Å²) in [5.74, 6) is -1.24. The van der Waals surface area contributed by atoms with Crippen LogP contribution < -0.4 is 14.2 Å². The molecule has 0 saturated heterocycles. The van der Waals surface area contributed by atoms with Crippen LogP contribution in [0.4, 0.5) is 18.9 Å². The van der Waals surface area contributed by atoms with E-state index in [2.05, 4.69) is 19.4 Å². The van der Waals surface area contributed by atoms with E-state index in [0.29, 0.717) is 18.8 Å². The maximum absolute atomic E-state index is 14.1. The van der Waals surface area contributed by atoms with E-state index in [1.165, 1.54) is 13.3 Å². The van der Waals surface area contributed by atoms with Crippen LogP contribution >= 0.6 is 0 Å². The molecule has 0 fully saturated rings. The van der Waals surface area contributed by atoms with Gasteiger partial charge in [0.05, 0.1) is 13.3 Å². The number of sulfonamides is 1. The monoisotopic (exact) mass is 406 g/mol. The van der Waals surface area contributed by atoms with Crippen molar-refractivity contribution >= 4 is 15.7 Å². The highest BCUT2D eigenvalue weighted by Crippen LogP contribution is 2.31. The molecule has 148 valence electrons. The molecule has 0 aromatic carbocycles. The lowest BCUT2D eigenvalue weighted by molar-refractivity contribution is 0.0770. The summed E-state index contributed by atoms with van der Waals surface area (Å²) >= 11 is 0. The molecule has 0 aliphatic carbocycles. The molecule has 0 radical (unpaired) electrons. The van der Waals surface area contributed by atoms with Gasteiger partial charge in [0, 0.05) is 19.0 Å². The SMILES string of the molecule is COc1nc(OCC(F)F)c(F)cc1NS(=O)(=O)c1cnc2n1CC(C)C2. The van der Waals surface area contributed by atoms with Gasteiger partial charge in [-0.25, -0.2) is 18.2 Å². The third-order valence-electron chi connectivity index (χ3n) is 3.89. The third kappa shape index (κ3) is 3.94. The summed E-state index contributed by atoms with van der Waals surface area (Å²) < 4.78 is 77.2. The summed E-state index contributed by atoms with van der Waals surface area (Å²) in [6, 6.07) is 0.758. The van der Waals surface area contributed by atoms with Gasteiger partial charge in [-0.2, -0.15) is 13.4 Å². The number of anilines is 1. The fraction of sp³-hybridized carbons (Fsp3) is 0.467. The van der Waals surface area contributed by atoms with E-state index < -0.39 is 34.8 Å². The van der Waals surface area contributed by atoms with Gasteiger partial charge in [0.2, 0.25) is 5.88 Å². The largest absolute Gasteiger partial charge is 0.479 e. The fourth-order valence-electron chi connectivity index (χ4n) is 2.78. The highest BCUT2D eigenvalue weighted by atomic mass is 32.2. The van der Waals surface area contributed by atoms with Crippen LogP contribution in [0.1, 0.15) is 12.7 Å². The Balaban J connectivity index is 1.89. The van der Waals surface area contributed by atoms with Gasteiger partial charge in [-0.15, -0.1) is 0 Å². The van der Waals surface area contributed by atoms with Crippen LogP contribution in [0, 0.1) is 11.7 Å². The minimum atomic E-state index is -4.10. The molecule has 2 aromatic heterocycles. The molecule has 1 aliphatic heterocycles. The molecule has 27 heavy (non-hydrogen) atoms. The molecule has 0 amide bonds. The summed E-state index contributed by atoms with van der Waals surface area (Å²) in [7, 11) is -2.93. The quantitative estimate of drug-likeness (QED) is 0.756. The van der Waals surface area contributed by atoms with E-state index in [-0.39, 0.29) is 22.5 Å². The normalized spacial score (nSPS) is 16.4. The Bertz CT molecular complexity index is 949. The van der Waals surface area contributed by atoms with E-state index in [1.54, 1.807) is 4.57 Å². The molecule has 3 heterocycles. The molecule has 1 unspecified atom stereocenters. The molecule has 1 atom stereocenters. The van der Waals surface area contributed by atoms with E-state index in [9.17, 15) is 21.6 Å². The van der Waals surface area contributed by atoms with Gasteiger partial charge in [-0.3, -0.25) is 4.72 Å². The maximum Gasteiger partial charge on any atom is 0.279 e. The van der Waals surface area contributed by atoms with Gasteiger partial charge in [-0.05, 0) is 5.92 Å². The Kier molecular flexibility index (Phi) is 5.18. The number of aromatic nitrogens is 3. The van der Waals surface area contributed by atoms with Crippen molar-refractivity contribution in [2.75, 3.05) is 18.4 Å². The van der Waals surface area contributed by atoms with Crippen LogP contribution in [0.5, 0.6) is 11.8 Å². The zero-order chi connectivity index (χ0) is 19.8. The number of nitrogens with one attached hydrogen (secondary N) is 1. The second-order valence-electron chi connectivity index (χ2n) is 6.07. The van der Waals surface area contributed by atoms with Crippen LogP contribution in [0.2, 0.25) is 0 Å². The lowest BCUT2D eigenvalue weighted by Crippen LogP contribution is -2.18. The Labute approximate surface area is 153 Å². The lowest BCUT2D eigenvalue weighted by atomic mass is 10.1. The second-order valence-corrected chi connectivity index (χ2v) is 7.70. The standard InChI is InChI=1S/C15H17F3N4O4S/c1-8-3-12-19-5-13(22(12)6-8)27(23,24)21-10-4-9(16)14(20-15(10)25-2)26-7-11(17)18/h4-5,8,11,21H,3,6-7H2,1-2H3. The van der Waals surface area contributed by atoms with Crippen molar-refractivity contribution in [3.05, 3.63) is 23.9 Å². The Morgan fingerprint density at radius 2 is 2.15 bits per heavy atom. The zero-order valence-corrected chi connectivity index (χ0v) is 15.3. The van der Waals surface area contributed by atoms with Crippen molar-refractivity contribution in [3.63, 3.8) is 0 Å². The summed E-state index contributed by atoms with van der Waals surface area (Å²) in [6.45, 7) is 1.41. The van der Waals surface area contributed by atoms with Crippen molar-refractivity contribution in [1.82, 2.24) is 14.5 Å². The summed E-state index contributed by atoms with van der Waals surface area (Å²) in [5, 5.41) is -0.0673. The van der Waals surface area contributed by atoms with Crippen LogP contribution in [0.15, 0.2) is 17.3 Å². The van der Waals surface area contributed by atoms with E-state index in [1.807, 2.05) is 6.92 Å². The molecule has 1 N–H and O–H groups in total. The highest BCUT2D eigenvalue weighted by molar-refractivity contribution is 7.92. The number of alkyl halides is 2. The number of pyridine rings is 1. The van der Waals surface area contributed by atoms with Gasteiger partial charge >= 0.3 is 0 Å². The molecule has 3 rings (SSSR count). The van der Waals surface area contributed by atoms with Crippen molar-refractivity contribution in [2.24, 2.45) is 5.92 Å². The highest BCUT2D eigenvalue weighted by Gasteiger charge is 2.29. The lowest BCUT2D eigenvalue weighted by Gasteiger charge is -2.14. The molecule has 2 aromatic rings. The number of hydrogen-bond acceptors (Lipinski definition) is 6. The van der Waals surface area contributed by atoms with Gasteiger partial charge in [0.15, 0.2) is 17.5 Å². The Morgan fingerprint density at radius 1 is 1.41 bits per heavy atom. The Hall–Kier alpha value is -2.50. The minimum Gasteiger partial charge on any atom is -0.479 e. The van der Waals surface area contributed by atoms with E-state index >= 15 is 0 Å². The number of halogens is 3. The van der Waals surface area contributed by atoms with E-state index in [4.69, 9.17) is 4.74 Å². The second kappa shape index (κ2) is 7.25. The number of rotatable bonds is 7. The summed E-state index contributed by atoms with van der Waals surface area (Å²) in [6.07, 6.45) is -0.938. The molecule has 0 spiro atoms. The number of ether oxygens (including phenoxy) is 2. The molecule has 0 bridgehead atoms. The topological polar surface area (TPSA) is 95.3 Å². The number of hydrogen-bond donors (Lipinski definition) is 1. The molecule has 12 heteroatoms. The molecular weight excluding hydrogens is 389 g/mol. The average molecular weight is 406 g/mol. The number of fused-ring (bicyclic) bond motifs is 1. The van der Waals surface area contributed by atoms with Gasteiger partial charge < -0.3 is 14.0 Å². The van der Waals surface area contributed by atoms with Gasteiger partial charge in [-0.1, -0.05) is 6.92 Å². The van der Waals surface area contributed by atoms with Crippen molar-refractivity contribution in [3.8, 4) is 11.8 Å². The minimum absolute atomic E-state index is 0.0673. The van der Waals surface area contributed by atoms with Crippen LogP contribution in [0.25, 0.3) is 0 Å². The van der Waals surface area contributed by atoms with Crippen molar-refractivity contribution in [1.29, 1.82) is 0 Å².